The van der Waals surface area contributed by atoms with Gasteiger partial charge in [0.15, 0.2) is 0 Å². The van der Waals surface area contributed by atoms with E-state index >= 15 is 0 Å². The molecular formula is C20H20N6O2. The van der Waals surface area contributed by atoms with E-state index in [9.17, 15) is 4.79 Å². The monoisotopic (exact) mass is 376 g/mol. The Kier molecular flexibility index (Phi) is 4.31. The zero-order valence-corrected chi connectivity index (χ0v) is 16.0. The predicted molar refractivity (Wildman–Crippen MR) is 111 cm³/mol. The Bertz CT molecular complexity index is 1270. The number of ether oxygens (including phenoxy) is 1. The molecular weight excluding hydrogens is 356 g/mol. The van der Waals surface area contributed by atoms with Crippen molar-refractivity contribution in [2.75, 3.05) is 24.8 Å². The fourth-order valence-corrected chi connectivity index (χ4v) is 3.17. The molecule has 0 aliphatic carbocycles. The maximum atomic E-state index is 12.5. The zero-order valence-electron chi connectivity index (χ0n) is 16.0. The normalized spacial score (nSPS) is 11.0. The van der Waals surface area contributed by atoms with Crippen LogP contribution in [0.3, 0.4) is 0 Å². The summed E-state index contributed by atoms with van der Waals surface area (Å²) >= 11 is 0. The van der Waals surface area contributed by atoms with Crippen LogP contribution in [0.1, 0.15) is 11.3 Å². The number of anilines is 3. The molecule has 8 heteroatoms. The third-order valence-corrected chi connectivity index (χ3v) is 4.61. The first-order valence-electron chi connectivity index (χ1n) is 8.80. The Labute approximate surface area is 161 Å². The first-order chi connectivity index (χ1) is 13.5. The van der Waals surface area contributed by atoms with Gasteiger partial charge in [-0.1, -0.05) is 0 Å². The number of nitrogens with one attached hydrogen (secondary N) is 3. The predicted octanol–water partition coefficient (Wildman–Crippen LogP) is 3.28. The Hall–Kier alpha value is -3.68. The number of benzene rings is 2. The molecule has 2 aromatic carbocycles. The molecule has 0 aliphatic rings. The van der Waals surface area contributed by atoms with E-state index in [1.165, 1.54) is 0 Å². The average molecular weight is 376 g/mol. The lowest BCUT2D eigenvalue weighted by atomic mass is 10.1. The van der Waals surface area contributed by atoms with Crippen molar-refractivity contribution in [1.82, 2.24) is 19.9 Å². The number of nitrogens with zero attached hydrogens (tertiary/aromatic N) is 3. The molecule has 0 radical (unpaired) electrons. The van der Waals surface area contributed by atoms with E-state index in [0.29, 0.717) is 22.8 Å². The van der Waals surface area contributed by atoms with Crippen molar-refractivity contribution in [2.45, 2.75) is 13.8 Å². The Balaban J connectivity index is 1.77. The molecule has 0 bridgehead atoms. The highest BCUT2D eigenvalue weighted by Gasteiger charge is 2.11. The van der Waals surface area contributed by atoms with E-state index in [0.717, 1.165) is 33.6 Å². The van der Waals surface area contributed by atoms with Gasteiger partial charge in [-0.25, -0.2) is 15.0 Å². The second kappa shape index (κ2) is 6.80. The summed E-state index contributed by atoms with van der Waals surface area (Å²) in [5.74, 6) is 1.41. The summed E-state index contributed by atoms with van der Waals surface area (Å²) in [6.45, 7) is 3.82. The summed E-state index contributed by atoms with van der Waals surface area (Å²) in [6, 6.07) is 9.34. The van der Waals surface area contributed by atoms with Crippen molar-refractivity contribution < 1.29 is 4.74 Å². The van der Waals surface area contributed by atoms with Crippen LogP contribution in [0.4, 0.5) is 17.6 Å². The number of hydrogen-bond donors (Lipinski definition) is 3. The second-order valence-corrected chi connectivity index (χ2v) is 6.49. The van der Waals surface area contributed by atoms with Crippen molar-refractivity contribution in [3.05, 3.63) is 51.9 Å². The van der Waals surface area contributed by atoms with Crippen molar-refractivity contribution >= 4 is 39.4 Å². The molecule has 0 amide bonds. The Morgan fingerprint density at radius 2 is 1.86 bits per heavy atom. The van der Waals surface area contributed by atoms with Crippen LogP contribution in [0.25, 0.3) is 21.8 Å². The van der Waals surface area contributed by atoms with Crippen molar-refractivity contribution in [1.29, 1.82) is 0 Å². The summed E-state index contributed by atoms with van der Waals surface area (Å²) < 4.78 is 5.26. The number of hydrogen-bond acceptors (Lipinski definition) is 7. The molecule has 0 unspecified atom stereocenters. The molecule has 4 rings (SSSR count). The molecule has 0 atom stereocenters. The molecule has 0 spiro atoms. The van der Waals surface area contributed by atoms with Crippen molar-refractivity contribution in [3.8, 4) is 5.75 Å². The van der Waals surface area contributed by atoms with E-state index in [1.54, 1.807) is 13.2 Å². The molecule has 0 aliphatic heterocycles. The smallest absolute Gasteiger partial charge is 0.260 e. The molecule has 2 aromatic heterocycles. The largest absolute Gasteiger partial charge is 0.497 e. The van der Waals surface area contributed by atoms with Crippen LogP contribution >= 0.6 is 0 Å². The molecule has 8 nitrogen and oxygen atoms in total. The molecule has 0 fully saturated rings. The van der Waals surface area contributed by atoms with Crippen LogP contribution < -0.4 is 20.9 Å². The minimum Gasteiger partial charge on any atom is -0.497 e. The lowest BCUT2D eigenvalue weighted by Crippen LogP contribution is -2.13. The molecule has 4 aromatic rings. The summed E-state index contributed by atoms with van der Waals surface area (Å²) in [6.07, 6.45) is 0. The highest BCUT2D eigenvalue weighted by Crippen LogP contribution is 2.24. The van der Waals surface area contributed by atoms with Gasteiger partial charge in [-0.2, -0.15) is 0 Å². The van der Waals surface area contributed by atoms with Gasteiger partial charge >= 0.3 is 0 Å². The first kappa shape index (κ1) is 17.7. The van der Waals surface area contributed by atoms with Gasteiger partial charge in [0.1, 0.15) is 5.75 Å². The van der Waals surface area contributed by atoms with Crippen LogP contribution in [-0.2, 0) is 0 Å². The number of aryl methyl sites for hydroxylation is 2. The van der Waals surface area contributed by atoms with Crippen LogP contribution in [0.2, 0.25) is 0 Å². The molecule has 3 N–H and O–H groups in total. The second-order valence-electron chi connectivity index (χ2n) is 6.49. The number of rotatable bonds is 4. The van der Waals surface area contributed by atoms with Gasteiger partial charge < -0.3 is 10.1 Å². The van der Waals surface area contributed by atoms with E-state index in [4.69, 9.17) is 4.74 Å². The van der Waals surface area contributed by atoms with Gasteiger partial charge in [0.05, 0.1) is 29.2 Å². The highest BCUT2D eigenvalue weighted by atomic mass is 16.5. The number of fused-ring (bicyclic) bond motifs is 2. The molecule has 0 saturated heterocycles. The van der Waals surface area contributed by atoms with Crippen molar-refractivity contribution in [2.24, 2.45) is 0 Å². The van der Waals surface area contributed by atoms with Crippen LogP contribution in [0.15, 0.2) is 35.1 Å². The number of aromatic amines is 1. The van der Waals surface area contributed by atoms with Gasteiger partial charge in [0.2, 0.25) is 11.9 Å². The average Bonchev–Trinajstić information content (AvgIpc) is 2.68. The number of H-pyrrole nitrogens is 1. The van der Waals surface area contributed by atoms with Crippen LogP contribution in [0, 0.1) is 13.8 Å². The highest BCUT2D eigenvalue weighted by molar-refractivity contribution is 5.86. The van der Waals surface area contributed by atoms with Gasteiger partial charge in [-0.3, -0.25) is 15.1 Å². The van der Waals surface area contributed by atoms with E-state index < -0.39 is 0 Å². The molecule has 2 heterocycles. The van der Waals surface area contributed by atoms with E-state index in [2.05, 4.69) is 30.6 Å². The van der Waals surface area contributed by atoms with E-state index in [-0.39, 0.29) is 5.56 Å². The molecule has 28 heavy (non-hydrogen) atoms. The topological polar surface area (TPSA) is 105 Å². The maximum absolute atomic E-state index is 12.5. The van der Waals surface area contributed by atoms with Gasteiger partial charge in [0.25, 0.3) is 5.56 Å². The fraction of sp³-hybridized carbons (Fsp3) is 0.200. The lowest BCUT2D eigenvalue weighted by molar-refractivity contribution is 0.415. The third kappa shape index (κ3) is 3.09. The molecule has 142 valence electrons. The Morgan fingerprint density at radius 3 is 2.61 bits per heavy atom. The fourth-order valence-electron chi connectivity index (χ4n) is 3.17. The van der Waals surface area contributed by atoms with Gasteiger partial charge in [-0.05, 0) is 49.7 Å². The van der Waals surface area contributed by atoms with Crippen LogP contribution in [-0.4, -0.2) is 34.1 Å². The standard InChI is InChI=1S/C20H20N6O2/c1-10-7-12(21-3)8-15-17(10)24-20(25-18(15)27)26-19-22-11(2)14-9-13(28-4)5-6-16(14)23-19/h5-9,21H,1-4H3,(H2,22,23,24,25,26,27). The quantitative estimate of drug-likeness (QED) is 0.502. The molecule has 0 saturated carbocycles. The maximum Gasteiger partial charge on any atom is 0.260 e. The first-order valence-corrected chi connectivity index (χ1v) is 8.80. The lowest BCUT2D eigenvalue weighted by Gasteiger charge is -2.10. The van der Waals surface area contributed by atoms with Crippen LogP contribution in [0.5, 0.6) is 5.75 Å². The SMILES string of the molecule is CNc1cc(C)c2nc(Nc3nc(C)c4cc(OC)ccc4n3)[nH]c(=O)c2c1. The van der Waals surface area contributed by atoms with E-state index in [1.807, 2.05) is 45.2 Å². The van der Waals surface area contributed by atoms with Gasteiger partial charge in [0, 0.05) is 18.1 Å². The summed E-state index contributed by atoms with van der Waals surface area (Å²) in [7, 11) is 3.43. The minimum absolute atomic E-state index is 0.227. The number of aromatic nitrogens is 4. The third-order valence-electron chi connectivity index (χ3n) is 4.61. The summed E-state index contributed by atoms with van der Waals surface area (Å²) in [4.78, 5) is 28.8. The zero-order chi connectivity index (χ0) is 19.8. The Morgan fingerprint density at radius 1 is 1.04 bits per heavy atom. The summed E-state index contributed by atoms with van der Waals surface area (Å²) in [5, 5.41) is 7.49. The minimum atomic E-state index is -0.227. The number of methoxy groups -OCH3 is 1. The summed E-state index contributed by atoms with van der Waals surface area (Å²) in [5.41, 5.74) is 3.74. The van der Waals surface area contributed by atoms with Gasteiger partial charge in [-0.15, -0.1) is 0 Å². The van der Waals surface area contributed by atoms with Crippen molar-refractivity contribution in [3.63, 3.8) is 0 Å².